The number of hydrogen-bond donors (Lipinski definition) is 0. The smallest absolute Gasteiger partial charge is 0.312 e. The van der Waals surface area contributed by atoms with Gasteiger partial charge in [0, 0.05) is 40.4 Å². The number of carbonyl (C=O) groups excluding carboxylic acids is 2. The van der Waals surface area contributed by atoms with Gasteiger partial charge in [-0.1, -0.05) is 0 Å². The molecular formula is C12H24N2O4. The minimum atomic E-state index is -0.493. The molecule has 0 aromatic rings. The van der Waals surface area contributed by atoms with E-state index in [9.17, 15) is 9.59 Å². The normalized spacial score (nSPS) is 10.2. The van der Waals surface area contributed by atoms with Crippen molar-refractivity contribution in [3.8, 4) is 0 Å². The number of carbonyl (C=O) groups is 2. The maximum Gasteiger partial charge on any atom is 0.312 e. The maximum atomic E-state index is 12.0. The molecule has 0 saturated heterocycles. The van der Waals surface area contributed by atoms with Gasteiger partial charge < -0.3 is 19.3 Å². The van der Waals surface area contributed by atoms with Gasteiger partial charge in [-0.25, -0.2) is 0 Å². The summed E-state index contributed by atoms with van der Waals surface area (Å²) < 4.78 is 9.87. The Morgan fingerprint density at radius 2 is 1.22 bits per heavy atom. The van der Waals surface area contributed by atoms with Crippen LogP contribution >= 0.6 is 0 Å². The second kappa shape index (κ2) is 9.85. The first kappa shape index (κ1) is 16.9. The molecule has 0 aliphatic rings. The number of rotatable bonds is 8. The minimum absolute atomic E-state index is 0.395. The highest BCUT2D eigenvalue weighted by molar-refractivity contribution is 6.34. The van der Waals surface area contributed by atoms with E-state index in [2.05, 4.69) is 0 Å². The highest BCUT2D eigenvalue weighted by atomic mass is 16.5. The van der Waals surface area contributed by atoms with Crippen molar-refractivity contribution in [3.63, 3.8) is 0 Å². The number of methoxy groups -OCH3 is 2. The molecule has 0 aliphatic heterocycles. The van der Waals surface area contributed by atoms with Gasteiger partial charge in [0.2, 0.25) is 0 Å². The van der Waals surface area contributed by atoms with Crippen LogP contribution in [0.3, 0.4) is 0 Å². The summed E-state index contributed by atoms with van der Waals surface area (Å²) in [6.07, 6.45) is 0. The molecule has 0 unspecified atom stereocenters. The predicted octanol–water partition coefficient (Wildman–Crippen LogP) is -0.0238. The van der Waals surface area contributed by atoms with Crippen LogP contribution in [0.1, 0.15) is 13.8 Å². The summed E-state index contributed by atoms with van der Waals surface area (Å²) in [6.45, 7) is 6.36. The van der Waals surface area contributed by atoms with Crippen LogP contribution in [0, 0.1) is 0 Å². The molecule has 6 nitrogen and oxygen atoms in total. The Hall–Kier alpha value is -1.14. The highest BCUT2D eigenvalue weighted by Crippen LogP contribution is 1.97. The zero-order valence-corrected chi connectivity index (χ0v) is 11.8. The monoisotopic (exact) mass is 260 g/mol. The molecule has 0 spiro atoms. The van der Waals surface area contributed by atoms with Gasteiger partial charge in [0.1, 0.15) is 0 Å². The van der Waals surface area contributed by atoms with Crippen molar-refractivity contribution in [1.29, 1.82) is 0 Å². The van der Waals surface area contributed by atoms with Gasteiger partial charge >= 0.3 is 11.8 Å². The summed E-state index contributed by atoms with van der Waals surface area (Å²) in [4.78, 5) is 26.9. The molecule has 0 saturated carbocycles. The van der Waals surface area contributed by atoms with E-state index in [1.54, 1.807) is 14.2 Å². The molecule has 0 N–H and O–H groups in total. The molecule has 2 amide bonds. The molecule has 0 bridgehead atoms. The van der Waals surface area contributed by atoms with Gasteiger partial charge in [-0.3, -0.25) is 9.59 Å². The lowest BCUT2D eigenvalue weighted by Crippen LogP contribution is -2.47. The van der Waals surface area contributed by atoms with Crippen molar-refractivity contribution < 1.29 is 19.1 Å². The van der Waals surface area contributed by atoms with Crippen LogP contribution in [0.4, 0.5) is 0 Å². The summed E-state index contributed by atoms with van der Waals surface area (Å²) in [5.74, 6) is -0.958. The molecule has 6 heteroatoms. The Morgan fingerprint density at radius 3 is 1.56 bits per heavy atom. The van der Waals surface area contributed by atoms with Crippen LogP contribution in [0.25, 0.3) is 0 Å². The van der Waals surface area contributed by atoms with E-state index < -0.39 is 11.8 Å². The summed E-state index contributed by atoms with van der Waals surface area (Å²) in [7, 11) is 3.12. The third-order valence-electron chi connectivity index (χ3n) is 2.65. The van der Waals surface area contributed by atoms with Crippen molar-refractivity contribution in [1.82, 2.24) is 9.80 Å². The van der Waals surface area contributed by atoms with Gasteiger partial charge in [-0.05, 0) is 13.8 Å². The van der Waals surface area contributed by atoms with Gasteiger partial charge in [0.05, 0.1) is 13.2 Å². The van der Waals surface area contributed by atoms with Crippen LogP contribution in [-0.4, -0.2) is 75.2 Å². The molecule has 0 radical (unpaired) electrons. The van der Waals surface area contributed by atoms with Crippen molar-refractivity contribution in [2.24, 2.45) is 0 Å². The topological polar surface area (TPSA) is 59.1 Å². The summed E-state index contributed by atoms with van der Waals surface area (Å²) >= 11 is 0. The van der Waals surface area contributed by atoms with Crippen LogP contribution < -0.4 is 0 Å². The van der Waals surface area contributed by atoms with E-state index in [4.69, 9.17) is 9.47 Å². The van der Waals surface area contributed by atoms with Crippen LogP contribution in [0.2, 0.25) is 0 Å². The molecule has 0 aliphatic carbocycles. The fourth-order valence-electron chi connectivity index (χ4n) is 1.50. The van der Waals surface area contributed by atoms with Crippen LogP contribution in [0.5, 0.6) is 0 Å². The first-order valence-corrected chi connectivity index (χ1v) is 6.18. The molecule has 0 atom stereocenters. The fraction of sp³-hybridized carbons (Fsp3) is 0.833. The van der Waals surface area contributed by atoms with E-state index in [1.807, 2.05) is 13.8 Å². The lowest BCUT2D eigenvalue weighted by Gasteiger charge is -2.25. The van der Waals surface area contributed by atoms with Crippen molar-refractivity contribution in [3.05, 3.63) is 0 Å². The Bertz CT molecular complexity index is 246. The third-order valence-corrected chi connectivity index (χ3v) is 2.65. The van der Waals surface area contributed by atoms with E-state index in [0.29, 0.717) is 39.4 Å². The Balaban J connectivity index is 4.55. The quantitative estimate of drug-likeness (QED) is 0.575. The highest BCUT2D eigenvalue weighted by Gasteiger charge is 2.24. The molecule has 0 rings (SSSR count). The van der Waals surface area contributed by atoms with E-state index in [1.165, 1.54) is 9.80 Å². The molecule has 18 heavy (non-hydrogen) atoms. The van der Waals surface area contributed by atoms with Gasteiger partial charge in [-0.2, -0.15) is 0 Å². The summed E-state index contributed by atoms with van der Waals surface area (Å²) in [5.41, 5.74) is 0. The van der Waals surface area contributed by atoms with E-state index >= 15 is 0 Å². The lowest BCUT2D eigenvalue weighted by molar-refractivity contribution is -0.152. The van der Waals surface area contributed by atoms with Crippen LogP contribution in [-0.2, 0) is 19.1 Å². The van der Waals surface area contributed by atoms with Crippen molar-refractivity contribution in [2.75, 3.05) is 53.6 Å². The van der Waals surface area contributed by atoms with Gasteiger partial charge in [0.25, 0.3) is 0 Å². The summed E-state index contributed by atoms with van der Waals surface area (Å²) in [6, 6.07) is 0. The molecule has 0 aromatic carbocycles. The van der Waals surface area contributed by atoms with E-state index in [0.717, 1.165) is 0 Å². The average Bonchev–Trinajstić information content (AvgIpc) is 2.39. The molecule has 0 aromatic heterocycles. The van der Waals surface area contributed by atoms with Crippen LogP contribution in [0.15, 0.2) is 0 Å². The number of hydrogen-bond acceptors (Lipinski definition) is 4. The predicted molar refractivity (Wildman–Crippen MR) is 68.3 cm³/mol. The fourth-order valence-corrected chi connectivity index (χ4v) is 1.50. The van der Waals surface area contributed by atoms with Crippen molar-refractivity contribution in [2.45, 2.75) is 13.8 Å². The van der Waals surface area contributed by atoms with Gasteiger partial charge in [0.15, 0.2) is 0 Å². The summed E-state index contributed by atoms with van der Waals surface area (Å²) in [5, 5.41) is 0. The zero-order chi connectivity index (χ0) is 14.0. The molecule has 0 heterocycles. The Morgan fingerprint density at radius 1 is 0.833 bits per heavy atom. The SMILES string of the molecule is CCN(CC)C(=O)C(=O)N(CCOC)CCOC. The van der Waals surface area contributed by atoms with Gasteiger partial charge in [-0.15, -0.1) is 0 Å². The minimum Gasteiger partial charge on any atom is -0.383 e. The number of ether oxygens (including phenoxy) is 2. The standard InChI is InChI=1S/C12H24N2O4/c1-5-13(6-2)11(15)12(16)14(7-9-17-3)8-10-18-4/h5-10H2,1-4H3. The first-order valence-electron chi connectivity index (χ1n) is 6.18. The number of nitrogens with zero attached hydrogens (tertiary/aromatic N) is 2. The van der Waals surface area contributed by atoms with Crippen molar-refractivity contribution >= 4 is 11.8 Å². The maximum absolute atomic E-state index is 12.0. The molecule has 0 fully saturated rings. The number of amides is 2. The first-order chi connectivity index (χ1) is 8.62. The number of likely N-dealkylation sites (N-methyl/N-ethyl adjacent to an activating group) is 1. The molecule has 106 valence electrons. The lowest BCUT2D eigenvalue weighted by atomic mass is 10.3. The second-order valence-electron chi connectivity index (χ2n) is 3.76. The zero-order valence-electron chi connectivity index (χ0n) is 11.8. The second-order valence-corrected chi connectivity index (χ2v) is 3.76. The Labute approximate surface area is 109 Å². The average molecular weight is 260 g/mol. The third kappa shape index (κ3) is 5.46. The van der Waals surface area contributed by atoms with E-state index in [-0.39, 0.29) is 0 Å². The molecular weight excluding hydrogens is 236 g/mol. The Kier molecular flexibility index (Phi) is 9.22. The largest absolute Gasteiger partial charge is 0.383 e.